The van der Waals surface area contributed by atoms with Gasteiger partial charge in [0.25, 0.3) is 0 Å². The molecule has 102 valence electrons. The molecule has 1 aromatic carbocycles. The summed E-state index contributed by atoms with van der Waals surface area (Å²) < 4.78 is 0. The molecule has 0 aliphatic heterocycles. The van der Waals surface area contributed by atoms with Crippen LogP contribution in [-0.2, 0) is 4.79 Å². The van der Waals surface area contributed by atoms with E-state index in [0.717, 1.165) is 5.69 Å². The number of nitrogens with zero attached hydrogens (tertiary/aromatic N) is 2. The summed E-state index contributed by atoms with van der Waals surface area (Å²) in [5.74, 6) is -0.0902. The molecule has 0 spiro atoms. The molecule has 1 aromatic rings. The fourth-order valence-electron chi connectivity index (χ4n) is 1.62. The second-order valence-corrected chi connectivity index (χ2v) is 5.21. The van der Waals surface area contributed by atoms with Gasteiger partial charge < -0.3 is 10.2 Å². The van der Waals surface area contributed by atoms with Gasteiger partial charge in [0.1, 0.15) is 5.54 Å². The van der Waals surface area contributed by atoms with Crippen molar-refractivity contribution in [3.63, 3.8) is 0 Å². The number of benzene rings is 1. The van der Waals surface area contributed by atoms with Gasteiger partial charge in [-0.2, -0.15) is 5.26 Å². The van der Waals surface area contributed by atoms with Gasteiger partial charge in [-0.15, -0.1) is 0 Å². The molecule has 0 aliphatic rings. The number of rotatable bonds is 5. The van der Waals surface area contributed by atoms with Crippen LogP contribution in [0.3, 0.4) is 0 Å². The summed E-state index contributed by atoms with van der Waals surface area (Å²) in [6.07, 6.45) is 0. The molecule has 1 atom stereocenters. The molecule has 0 heterocycles. The number of nitriles is 1. The van der Waals surface area contributed by atoms with Gasteiger partial charge >= 0.3 is 0 Å². The summed E-state index contributed by atoms with van der Waals surface area (Å²) in [7, 11) is 1.86. The lowest BCUT2D eigenvalue weighted by Crippen LogP contribution is -2.51. The molecule has 0 bridgehead atoms. The average Bonchev–Trinajstić information content (AvgIpc) is 2.39. The first-order chi connectivity index (χ1) is 8.89. The first kappa shape index (κ1) is 15.0. The summed E-state index contributed by atoms with van der Waals surface area (Å²) in [6, 6.07) is 11.8. The number of likely N-dealkylation sites (N-methyl/N-ethyl adjacent to an activating group) is 1. The third kappa shape index (κ3) is 3.99. The number of para-hydroxylation sites is 1. The number of anilines is 1. The Bertz CT molecular complexity index is 464. The highest BCUT2D eigenvalue weighted by atomic mass is 16.2. The van der Waals surface area contributed by atoms with E-state index < -0.39 is 5.54 Å². The highest BCUT2D eigenvalue weighted by Crippen LogP contribution is 2.15. The van der Waals surface area contributed by atoms with Crippen LogP contribution in [0.15, 0.2) is 30.3 Å². The van der Waals surface area contributed by atoms with E-state index in [9.17, 15) is 10.1 Å². The maximum absolute atomic E-state index is 12.0. The van der Waals surface area contributed by atoms with Crippen LogP contribution in [0, 0.1) is 17.2 Å². The van der Waals surface area contributed by atoms with Gasteiger partial charge in [-0.3, -0.25) is 4.79 Å². The Morgan fingerprint density at radius 1 is 1.42 bits per heavy atom. The Balaban J connectivity index is 2.64. The molecule has 0 aliphatic carbocycles. The summed E-state index contributed by atoms with van der Waals surface area (Å²) >= 11 is 0. The van der Waals surface area contributed by atoms with E-state index in [0.29, 0.717) is 0 Å². The number of hydrogen-bond donors (Lipinski definition) is 1. The Kier molecular flexibility index (Phi) is 4.94. The third-order valence-electron chi connectivity index (χ3n) is 3.36. The van der Waals surface area contributed by atoms with Crippen molar-refractivity contribution in [2.24, 2.45) is 5.92 Å². The van der Waals surface area contributed by atoms with Crippen LogP contribution in [0.5, 0.6) is 0 Å². The highest BCUT2D eigenvalue weighted by molar-refractivity contribution is 5.82. The van der Waals surface area contributed by atoms with E-state index in [4.69, 9.17) is 0 Å². The molecular weight excluding hydrogens is 238 g/mol. The predicted molar refractivity (Wildman–Crippen MR) is 76.7 cm³/mol. The molecule has 0 radical (unpaired) electrons. The molecule has 0 saturated heterocycles. The molecule has 4 heteroatoms. The van der Waals surface area contributed by atoms with E-state index in [-0.39, 0.29) is 18.4 Å². The lowest BCUT2D eigenvalue weighted by molar-refractivity contribution is -0.121. The summed E-state index contributed by atoms with van der Waals surface area (Å²) in [6.45, 7) is 5.82. The predicted octanol–water partition coefficient (Wildman–Crippen LogP) is 2.18. The number of nitrogens with one attached hydrogen (secondary N) is 1. The monoisotopic (exact) mass is 259 g/mol. The fourth-order valence-corrected chi connectivity index (χ4v) is 1.62. The van der Waals surface area contributed by atoms with Gasteiger partial charge in [0.15, 0.2) is 0 Å². The summed E-state index contributed by atoms with van der Waals surface area (Å²) in [5.41, 5.74) is 0.148. The minimum atomic E-state index is -0.825. The zero-order valence-corrected chi connectivity index (χ0v) is 12.0. The minimum absolute atomic E-state index is 0.0588. The van der Waals surface area contributed by atoms with Crippen LogP contribution < -0.4 is 10.2 Å². The van der Waals surface area contributed by atoms with Crippen LogP contribution in [0.1, 0.15) is 20.8 Å². The zero-order chi connectivity index (χ0) is 14.5. The molecule has 19 heavy (non-hydrogen) atoms. The lowest BCUT2D eigenvalue weighted by atomic mass is 9.90. The molecule has 1 rings (SSSR count). The maximum Gasteiger partial charge on any atom is 0.240 e. The quantitative estimate of drug-likeness (QED) is 0.881. The van der Waals surface area contributed by atoms with Crippen LogP contribution in [0.2, 0.25) is 0 Å². The second kappa shape index (κ2) is 6.24. The van der Waals surface area contributed by atoms with E-state index >= 15 is 0 Å². The van der Waals surface area contributed by atoms with E-state index in [1.54, 1.807) is 6.92 Å². The van der Waals surface area contributed by atoms with E-state index in [1.807, 2.05) is 56.1 Å². The van der Waals surface area contributed by atoms with Crippen LogP contribution in [-0.4, -0.2) is 25.0 Å². The Morgan fingerprint density at radius 3 is 2.47 bits per heavy atom. The van der Waals surface area contributed by atoms with Gasteiger partial charge in [-0.25, -0.2) is 0 Å². The second-order valence-electron chi connectivity index (χ2n) is 5.21. The van der Waals surface area contributed by atoms with Crippen molar-refractivity contribution in [1.29, 1.82) is 5.26 Å². The number of amides is 1. The lowest BCUT2D eigenvalue weighted by Gasteiger charge is -2.28. The van der Waals surface area contributed by atoms with Crippen molar-refractivity contribution in [2.75, 3.05) is 18.5 Å². The van der Waals surface area contributed by atoms with Crippen LogP contribution >= 0.6 is 0 Å². The topological polar surface area (TPSA) is 56.1 Å². The highest BCUT2D eigenvalue weighted by Gasteiger charge is 2.30. The molecule has 0 saturated carbocycles. The standard InChI is InChI=1S/C15H21N3O/c1-12(2)15(3,11-16)17-14(19)10-18(4)13-8-6-5-7-9-13/h5-9,12H,10H2,1-4H3,(H,17,19). The van der Waals surface area contributed by atoms with Crippen molar-refractivity contribution in [1.82, 2.24) is 5.32 Å². The van der Waals surface area contributed by atoms with E-state index in [1.165, 1.54) is 0 Å². The first-order valence-corrected chi connectivity index (χ1v) is 6.37. The third-order valence-corrected chi connectivity index (χ3v) is 3.36. The largest absolute Gasteiger partial charge is 0.365 e. The maximum atomic E-state index is 12.0. The van der Waals surface area contributed by atoms with Gasteiger partial charge in [-0.05, 0) is 25.0 Å². The SMILES string of the molecule is CC(C)C(C)(C#N)NC(=O)CN(C)c1ccccc1. The number of carbonyl (C=O) groups is 1. The normalized spacial score (nSPS) is 13.5. The smallest absolute Gasteiger partial charge is 0.240 e. The van der Waals surface area contributed by atoms with Gasteiger partial charge in [0.2, 0.25) is 5.91 Å². The van der Waals surface area contributed by atoms with Crippen molar-refractivity contribution in [2.45, 2.75) is 26.3 Å². The number of hydrogen-bond acceptors (Lipinski definition) is 3. The molecule has 0 fully saturated rings. The van der Waals surface area contributed by atoms with Crippen LogP contribution in [0.25, 0.3) is 0 Å². The molecule has 4 nitrogen and oxygen atoms in total. The fraction of sp³-hybridized carbons (Fsp3) is 0.467. The Labute approximate surface area is 115 Å². The van der Waals surface area contributed by atoms with Gasteiger partial charge in [0, 0.05) is 12.7 Å². The Hall–Kier alpha value is -2.02. The first-order valence-electron chi connectivity index (χ1n) is 6.37. The minimum Gasteiger partial charge on any atom is -0.365 e. The van der Waals surface area contributed by atoms with Crippen molar-refractivity contribution in [3.8, 4) is 6.07 Å². The van der Waals surface area contributed by atoms with Gasteiger partial charge in [-0.1, -0.05) is 32.0 Å². The Morgan fingerprint density at radius 2 is 2.00 bits per heavy atom. The van der Waals surface area contributed by atoms with Crippen LogP contribution in [0.4, 0.5) is 5.69 Å². The molecule has 1 unspecified atom stereocenters. The molecule has 0 aromatic heterocycles. The summed E-state index contributed by atoms with van der Waals surface area (Å²) in [5, 5.41) is 12.0. The summed E-state index contributed by atoms with van der Waals surface area (Å²) in [4.78, 5) is 13.9. The number of carbonyl (C=O) groups excluding carboxylic acids is 1. The van der Waals surface area contributed by atoms with Gasteiger partial charge in [0.05, 0.1) is 12.6 Å². The molecule has 1 N–H and O–H groups in total. The van der Waals surface area contributed by atoms with E-state index in [2.05, 4.69) is 11.4 Å². The van der Waals surface area contributed by atoms with Crippen molar-refractivity contribution in [3.05, 3.63) is 30.3 Å². The van der Waals surface area contributed by atoms with Crippen molar-refractivity contribution >= 4 is 11.6 Å². The van der Waals surface area contributed by atoms with Crippen molar-refractivity contribution < 1.29 is 4.79 Å². The average molecular weight is 259 g/mol. The molecule has 1 amide bonds. The molecular formula is C15H21N3O. The zero-order valence-electron chi connectivity index (χ0n) is 12.0.